The molecule has 0 aliphatic rings. The summed E-state index contributed by atoms with van der Waals surface area (Å²) >= 11 is 0. The Kier molecular flexibility index (Phi) is 7.88. The second kappa shape index (κ2) is 9.41. The van der Waals surface area contributed by atoms with Gasteiger partial charge in [-0.1, -0.05) is 30.3 Å². The molecule has 5 heteroatoms. The summed E-state index contributed by atoms with van der Waals surface area (Å²) in [5, 5.41) is 11.2. The molecule has 0 saturated heterocycles. The summed E-state index contributed by atoms with van der Waals surface area (Å²) in [4.78, 5) is 15.3. The Hall–Kier alpha value is -1.62. The monoisotopic (exact) mass is 305 g/mol. The number of carboxylic acid groups (broad SMARTS) is 1. The van der Waals surface area contributed by atoms with E-state index in [1.807, 2.05) is 42.5 Å². The van der Waals surface area contributed by atoms with Gasteiger partial charge in [0, 0.05) is 12.6 Å². The van der Waals surface area contributed by atoms with E-state index in [0.717, 1.165) is 16.9 Å². The number of carboxylic acids is 1. The Balaban J connectivity index is 0.00000242. The van der Waals surface area contributed by atoms with Crippen molar-refractivity contribution in [2.75, 3.05) is 7.11 Å². The van der Waals surface area contributed by atoms with Gasteiger partial charge < -0.3 is 14.6 Å². The van der Waals surface area contributed by atoms with Crippen LogP contribution in [0.2, 0.25) is 0 Å². The van der Waals surface area contributed by atoms with Gasteiger partial charge in [0.05, 0.1) is 19.1 Å². The normalized spacial score (nSPS) is 11.7. The summed E-state index contributed by atoms with van der Waals surface area (Å²) < 4.78 is 5.06. The number of carbonyl (C=O) groups is 1. The maximum Gasteiger partial charge on any atom is 1.00 e. The van der Waals surface area contributed by atoms with Crippen molar-refractivity contribution in [3.63, 3.8) is 0 Å². The van der Waals surface area contributed by atoms with Crippen LogP contribution in [0.4, 0.5) is 0 Å². The fourth-order valence-electron chi connectivity index (χ4n) is 1.90. The van der Waals surface area contributed by atoms with E-state index >= 15 is 0 Å². The molecule has 0 saturated carbocycles. The molecule has 4 nitrogen and oxygen atoms in total. The number of rotatable bonds is 6. The Labute approximate surface area is 152 Å². The van der Waals surface area contributed by atoms with Gasteiger partial charge in [-0.2, -0.15) is 0 Å². The Morgan fingerprint density at radius 3 is 2.36 bits per heavy atom. The topological polar surface area (TPSA) is 61.7 Å². The summed E-state index contributed by atoms with van der Waals surface area (Å²) in [5.74, 6) is -0.434. The van der Waals surface area contributed by atoms with Gasteiger partial charge in [-0.15, -0.1) is 0 Å². The van der Waals surface area contributed by atoms with Gasteiger partial charge in [-0.3, -0.25) is 4.99 Å². The third kappa shape index (κ3) is 5.64. The average Bonchev–Trinajstić information content (AvgIpc) is 2.52. The predicted molar refractivity (Wildman–Crippen MR) is 79.5 cm³/mol. The number of nitrogens with zero attached hydrogens (tertiary/aromatic N) is 1. The van der Waals surface area contributed by atoms with Crippen LogP contribution in [0.1, 0.15) is 11.1 Å². The van der Waals surface area contributed by atoms with Gasteiger partial charge in [0.25, 0.3) is 0 Å². The first-order chi connectivity index (χ1) is 10.2. The second-order valence-corrected chi connectivity index (χ2v) is 4.58. The van der Waals surface area contributed by atoms with E-state index in [2.05, 4.69) is 4.99 Å². The Morgan fingerprint density at radius 1 is 1.18 bits per heavy atom. The fraction of sp³-hybridized carbons (Fsp3) is 0.176. The minimum absolute atomic E-state index is 0. The van der Waals surface area contributed by atoms with E-state index in [9.17, 15) is 9.90 Å². The summed E-state index contributed by atoms with van der Waals surface area (Å²) in [6.45, 7) is 0. The molecular weight excluding hydrogens is 289 g/mol. The average molecular weight is 305 g/mol. The van der Waals surface area contributed by atoms with Crippen molar-refractivity contribution in [2.24, 2.45) is 4.99 Å². The van der Waals surface area contributed by atoms with Crippen molar-refractivity contribution in [3.8, 4) is 5.75 Å². The molecule has 0 heterocycles. The summed E-state index contributed by atoms with van der Waals surface area (Å²) in [6.07, 6.45) is 1.86. The molecule has 2 rings (SSSR count). The maximum atomic E-state index is 11.2. The number of hydrogen-bond donors (Lipinski definition) is 0. The molecule has 22 heavy (non-hydrogen) atoms. The smallest absolute Gasteiger partial charge is 0.548 e. The number of ether oxygens (including phenoxy) is 1. The van der Waals surface area contributed by atoms with Crippen LogP contribution in [0.3, 0.4) is 0 Å². The summed E-state index contributed by atoms with van der Waals surface area (Å²) in [6, 6.07) is 15.7. The largest absolute Gasteiger partial charge is 1.00 e. The first-order valence-electron chi connectivity index (χ1n) is 6.61. The molecule has 0 unspecified atom stereocenters. The SMILES string of the molecule is COc1ccc(/C=N\[C@@H](Cc2ccccc2)C(=O)[O-])cc1.[Na+]. The van der Waals surface area contributed by atoms with E-state index in [1.54, 1.807) is 25.5 Å². The van der Waals surface area contributed by atoms with Crippen molar-refractivity contribution in [1.29, 1.82) is 0 Å². The zero-order valence-electron chi connectivity index (χ0n) is 12.7. The van der Waals surface area contributed by atoms with E-state index in [4.69, 9.17) is 4.74 Å². The van der Waals surface area contributed by atoms with Crippen molar-refractivity contribution in [2.45, 2.75) is 12.5 Å². The molecule has 2 aromatic rings. The predicted octanol–water partition coefficient (Wildman–Crippen LogP) is -1.52. The molecule has 0 fully saturated rings. The first kappa shape index (κ1) is 18.4. The van der Waals surface area contributed by atoms with Crippen LogP contribution < -0.4 is 39.4 Å². The molecule has 1 atom stereocenters. The molecular formula is C17H16NNaO3. The van der Waals surface area contributed by atoms with E-state index in [-0.39, 0.29) is 29.6 Å². The molecule has 0 aliphatic heterocycles. The van der Waals surface area contributed by atoms with Gasteiger partial charge in [0.2, 0.25) is 0 Å². The Morgan fingerprint density at radius 2 is 1.82 bits per heavy atom. The van der Waals surface area contributed by atoms with Crippen LogP contribution in [-0.4, -0.2) is 25.3 Å². The van der Waals surface area contributed by atoms with Gasteiger partial charge in [-0.25, -0.2) is 0 Å². The number of methoxy groups -OCH3 is 1. The van der Waals surface area contributed by atoms with E-state index < -0.39 is 12.0 Å². The fourth-order valence-corrected chi connectivity index (χ4v) is 1.90. The van der Waals surface area contributed by atoms with Gasteiger partial charge in [-0.05, 0) is 35.4 Å². The van der Waals surface area contributed by atoms with Crippen LogP contribution in [0, 0.1) is 0 Å². The second-order valence-electron chi connectivity index (χ2n) is 4.58. The van der Waals surface area contributed by atoms with Crippen LogP contribution >= 0.6 is 0 Å². The van der Waals surface area contributed by atoms with Crippen molar-refractivity contribution >= 4 is 12.2 Å². The molecule has 108 valence electrons. The van der Waals surface area contributed by atoms with Gasteiger partial charge >= 0.3 is 29.6 Å². The zero-order chi connectivity index (χ0) is 15.1. The van der Waals surface area contributed by atoms with Crippen LogP contribution in [0.15, 0.2) is 59.6 Å². The summed E-state index contributed by atoms with van der Waals surface area (Å²) in [7, 11) is 1.59. The van der Waals surface area contributed by atoms with Crippen LogP contribution in [0.25, 0.3) is 0 Å². The third-order valence-corrected chi connectivity index (χ3v) is 3.06. The molecule has 0 N–H and O–H groups in total. The number of carbonyl (C=O) groups excluding carboxylic acids is 1. The number of aliphatic imine (C=N–C) groups is 1. The molecule has 0 aromatic heterocycles. The first-order valence-corrected chi connectivity index (χ1v) is 6.61. The Bertz CT molecular complexity index is 612. The maximum absolute atomic E-state index is 11.2. The number of aliphatic carboxylic acids is 1. The van der Waals surface area contributed by atoms with E-state index in [0.29, 0.717) is 6.42 Å². The molecule has 0 spiro atoms. The minimum atomic E-state index is -1.18. The van der Waals surface area contributed by atoms with Crippen molar-refractivity contribution < 1.29 is 44.2 Å². The van der Waals surface area contributed by atoms with Gasteiger partial charge in [0.1, 0.15) is 5.75 Å². The van der Waals surface area contributed by atoms with E-state index in [1.165, 1.54) is 0 Å². The van der Waals surface area contributed by atoms with Crippen LogP contribution in [-0.2, 0) is 11.2 Å². The standard InChI is InChI=1S/C17H17NO3.Na/c1-21-15-9-7-14(8-10-15)12-18-16(17(19)20)11-13-5-3-2-4-6-13;/h2-10,12,16H,11H2,1H3,(H,19,20);/q;+1/p-1/b18-12-;/t16-;/m0./s1. The minimum Gasteiger partial charge on any atom is -0.548 e. The number of hydrogen-bond acceptors (Lipinski definition) is 4. The van der Waals surface area contributed by atoms with Gasteiger partial charge in [0.15, 0.2) is 0 Å². The van der Waals surface area contributed by atoms with Crippen molar-refractivity contribution in [1.82, 2.24) is 0 Å². The number of benzene rings is 2. The quantitative estimate of drug-likeness (QED) is 0.481. The molecule has 2 aromatic carbocycles. The summed E-state index contributed by atoms with van der Waals surface area (Å²) in [5.41, 5.74) is 1.73. The zero-order valence-corrected chi connectivity index (χ0v) is 14.7. The third-order valence-electron chi connectivity index (χ3n) is 3.06. The molecule has 0 amide bonds. The molecule has 0 bridgehead atoms. The molecule has 0 radical (unpaired) electrons. The van der Waals surface area contributed by atoms with Crippen molar-refractivity contribution in [3.05, 3.63) is 65.7 Å². The van der Waals surface area contributed by atoms with Crippen LogP contribution in [0.5, 0.6) is 5.75 Å². The molecule has 0 aliphatic carbocycles.